The third kappa shape index (κ3) is 2.79. The summed E-state index contributed by atoms with van der Waals surface area (Å²) in [6, 6.07) is 7.82. The number of ether oxygens (including phenoxy) is 1. The summed E-state index contributed by atoms with van der Waals surface area (Å²) in [7, 11) is 0. The van der Waals surface area contributed by atoms with Crippen LogP contribution in [0.15, 0.2) is 30.3 Å². The van der Waals surface area contributed by atoms with Crippen LogP contribution in [0.4, 0.5) is 15.8 Å². The molecule has 2 N–H and O–H groups in total. The summed E-state index contributed by atoms with van der Waals surface area (Å²) in [4.78, 5) is 24.5. The molecule has 8 heteroatoms. The summed E-state index contributed by atoms with van der Waals surface area (Å²) in [5, 5.41) is 6.09. The smallest absolute Gasteiger partial charge is 0.266 e. The monoisotopic (exact) mass is 390 g/mol. The Balaban J connectivity index is 1.68. The summed E-state index contributed by atoms with van der Waals surface area (Å²) in [6.07, 6.45) is 0. The highest BCUT2D eigenvalue weighted by Gasteiger charge is 2.21. The molecular weight excluding hydrogens is 379 g/mol. The van der Waals surface area contributed by atoms with E-state index in [2.05, 4.69) is 10.6 Å². The summed E-state index contributed by atoms with van der Waals surface area (Å²) in [5.74, 6) is -0.590. The van der Waals surface area contributed by atoms with Crippen molar-refractivity contribution in [3.8, 4) is 5.75 Å². The van der Waals surface area contributed by atoms with Crippen molar-refractivity contribution in [2.24, 2.45) is 0 Å². The molecule has 4 rings (SSSR count). The van der Waals surface area contributed by atoms with E-state index in [4.69, 9.17) is 16.3 Å². The zero-order chi connectivity index (χ0) is 18.4. The number of anilines is 2. The lowest BCUT2D eigenvalue weighted by atomic mass is 10.1. The third-order valence-electron chi connectivity index (χ3n) is 4.06. The van der Waals surface area contributed by atoms with E-state index in [1.807, 2.05) is 0 Å². The minimum Gasteiger partial charge on any atom is -0.482 e. The van der Waals surface area contributed by atoms with Crippen molar-refractivity contribution < 1.29 is 18.7 Å². The maximum absolute atomic E-state index is 14.0. The van der Waals surface area contributed by atoms with Crippen molar-refractivity contribution in [1.82, 2.24) is 0 Å². The second kappa shape index (κ2) is 6.26. The number of nitrogens with one attached hydrogen (secondary N) is 2. The summed E-state index contributed by atoms with van der Waals surface area (Å²) in [5.41, 5.74) is 1.38. The van der Waals surface area contributed by atoms with Crippen LogP contribution in [0.5, 0.6) is 5.75 Å². The first kappa shape index (κ1) is 16.8. The van der Waals surface area contributed by atoms with E-state index in [-0.39, 0.29) is 29.3 Å². The number of fused-ring (bicyclic) bond motifs is 2. The van der Waals surface area contributed by atoms with Gasteiger partial charge in [0.25, 0.3) is 11.8 Å². The molecule has 0 atom stereocenters. The number of amides is 2. The number of hydrogen-bond donors (Lipinski definition) is 2. The van der Waals surface area contributed by atoms with E-state index < -0.39 is 0 Å². The Morgan fingerprint density at radius 3 is 2.96 bits per heavy atom. The number of hydrogen-bond acceptors (Lipinski definition) is 4. The van der Waals surface area contributed by atoms with Crippen LogP contribution in [-0.2, 0) is 4.79 Å². The lowest BCUT2D eigenvalue weighted by Gasteiger charge is -2.19. The van der Waals surface area contributed by atoms with Gasteiger partial charge in [-0.1, -0.05) is 17.7 Å². The largest absolute Gasteiger partial charge is 0.482 e. The zero-order valence-corrected chi connectivity index (χ0v) is 15.1. The lowest BCUT2D eigenvalue weighted by molar-refractivity contribution is -0.118. The predicted molar refractivity (Wildman–Crippen MR) is 100 cm³/mol. The predicted octanol–water partition coefficient (Wildman–Crippen LogP) is 4.59. The molecule has 132 valence electrons. The minimum absolute atomic E-state index is 0.100. The molecule has 0 bridgehead atoms. The van der Waals surface area contributed by atoms with E-state index in [1.165, 1.54) is 23.5 Å². The second-order valence-corrected chi connectivity index (χ2v) is 7.25. The van der Waals surface area contributed by atoms with Gasteiger partial charge in [-0.2, -0.15) is 0 Å². The van der Waals surface area contributed by atoms with Gasteiger partial charge in [0.05, 0.1) is 21.3 Å². The van der Waals surface area contributed by atoms with Gasteiger partial charge >= 0.3 is 0 Å². The Kier molecular flexibility index (Phi) is 4.05. The molecule has 1 aliphatic heterocycles. The number of aryl methyl sites for hydroxylation is 1. The normalized spacial score (nSPS) is 13.1. The Hall–Kier alpha value is -2.64. The Morgan fingerprint density at radius 1 is 1.38 bits per heavy atom. The first-order valence-electron chi connectivity index (χ1n) is 7.69. The first-order chi connectivity index (χ1) is 12.4. The highest BCUT2D eigenvalue weighted by atomic mass is 35.5. The van der Waals surface area contributed by atoms with Gasteiger partial charge < -0.3 is 15.4 Å². The quantitative estimate of drug-likeness (QED) is 0.672. The molecule has 0 unspecified atom stereocenters. The van der Waals surface area contributed by atoms with Gasteiger partial charge in [0.1, 0.15) is 11.6 Å². The average molecular weight is 391 g/mol. The maximum Gasteiger partial charge on any atom is 0.266 e. The molecule has 0 fully saturated rings. The van der Waals surface area contributed by atoms with Gasteiger partial charge in [0, 0.05) is 16.2 Å². The van der Waals surface area contributed by atoms with E-state index in [9.17, 15) is 14.0 Å². The lowest BCUT2D eigenvalue weighted by Crippen LogP contribution is -2.25. The molecule has 3 aromatic rings. The molecule has 1 aliphatic rings. The van der Waals surface area contributed by atoms with Crippen molar-refractivity contribution >= 4 is 56.2 Å². The fraction of sp³-hybridized carbons (Fsp3) is 0.111. The highest BCUT2D eigenvalue weighted by molar-refractivity contribution is 7.21. The number of thiophene rings is 1. The fourth-order valence-corrected chi connectivity index (χ4v) is 4.17. The van der Waals surface area contributed by atoms with Crippen molar-refractivity contribution in [2.45, 2.75) is 6.92 Å². The third-order valence-corrected chi connectivity index (χ3v) is 5.63. The van der Waals surface area contributed by atoms with Crippen LogP contribution in [0.3, 0.4) is 0 Å². The molecule has 2 amide bonds. The van der Waals surface area contributed by atoms with Crippen LogP contribution in [0.25, 0.3) is 10.1 Å². The molecule has 26 heavy (non-hydrogen) atoms. The molecule has 0 spiro atoms. The van der Waals surface area contributed by atoms with Crippen molar-refractivity contribution in [2.75, 3.05) is 17.2 Å². The number of carbonyl (C=O) groups excluding carboxylic acids is 2. The van der Waals surface area contributed by atoms with Crippen molar-refractivity contribution in [3.63, 3.8) is 0 Å². The van der Waals surface area contributed by atoms with Crippen LogP contribution in [0, 0.1) is 12.7 Å². The average Bonchev–Trinajstić information content (AvgIpc) is 2.94. The molecule has 2 heterocycles. The maximum atomic E-state index is 14.0. The SMILES string of the molecule is Cc1c(C(=O)Nc2cc3c(cc2Cl)NC(=O)CO3)sc2cccc(F)c12. The zero-order valence-electron chi connectivity index (χ0n) is 13.5. The van der Waals surface area contributed by atoms with Gasteiger partial charge in [-0.3, -0.25) is 9.59 Å². The Morgan fingerprint density at radius 2 is 2.19 bits per heavy atom. The van der Waals surface area contributed by atoms with E-state index >= 15 is 0 Å². The number of benzene rings is 2. The Labute approximate surface area is 156 Å². The second-order valence-electron chi connectivity index (χ2n) is 5.79. The first-order valence-corrected chi connectivity index (χ1v) is 8.88. The van der Waals surface area contributed by atoms with Gasteiger partial charge in [0.15, 0.2) is 6.61 Å². The molecule has 0 saturated heterocycles. The van der Waals surface area contributed by atoms with Crippen LogP contribution < -0.4 is 15.4 Å². The van der Waals surface area contributed by atoms with Gasteiger partial charge in [-0.15, -0.1) is 11.3 Å². The topological polar surface area (TPSA) is 67.4 Å². The van der Waals surface area contributed by atoms with E-state index in [0.29, 0.717) is 37.7 Å². The van der Waals surface area contributed by atoms with Gasteiger partial charge in [-0.25, -0.2) is 4.39 Å². The van der Waals surface area contributed by atoms with Crippen LogP contribution in [-0.4, -0.2) is 18.4 Å². The summed E-state index contributed by atoms with van der Waals surface area (Å²) in [6.45, 7) is 1.61. The van der Waals surface area contributed by atoms with E-state index in [1.54, 1.807) is 25.1 Å². The van der Waals surface area contributed by atoms with Crippen molar-refractivity contribution in [1.29, 1.82) is 0 Å². The molecule has 5 nitrogen and oxygen atoms in total. The standard InChI is InChI=1S/C18H12ClFN2O3S/c1-8-16-10(20)3-2-4-14(16)26-17(8)18(24)22-11-6-13-12(5-9(11)19)21-15(23)7-25-13/h2-6H,7H2,1H3,(H,21,23)(H,22,24). The molecule has 1 aromatic heterocycles. The number of rotatable bonds is 2. The molecule has 0 radical (unpaired) electrons. The summed E-state index contributed by atoms with van der Waals surface area (Å²) < 4.78 is 20.1. The van der Waals surface area contributed by atoms with Gasteiger partial charge in [0.2, 0.25) is 0 Å². The number of halogens is 2. The fourth-order valence-electron chi connectivity index (χ4n) is 2.84. The minimum atomic E-state index is -0.384. The summed E-state index contributed by atoms with van der Waals surface area (Å²) >= 11 is 7.42. The molecule has 2 aromatic carbocycles. The molecule has 0 aliphatic carbocycles. The highest BCUT2D eigenvalue weighted by Crippen LogP contribution is 2.38. The van der Waals surface area contributed by atoms with E-state index in [0.717, 1.165) is 0 Å². The number of carbonyl (C=O) groups is 2. The van der Waals surface area contributed by atoms with Gasteiger partial charge in [-0.05, 0) is 30.7 Å². The molecular formula is C18H12ClFN2O3S. The van der Waals surface area contributed by atoms with Crippen LogP contribution >= 0.6 is 22.9 Å². The Bertz CT molecular complexity index is 1080. The van der Waals surface area contributed by atoms with Crippen molar-refractivity contribution in [3.05, 3.63) is 51.6 Å². The molecule has 0 saturated carbocycles. The van der Waals surface area contributed by atoms with Crippen LogP contribution in [0.2, 0.25) is 5.02 Å². The van der Waals surface area contributed by atoms with Crippen LogP contribution in [0.1, 0.15) is 15.2 Å².